The molecule has 0 unspecified atom stereocenters. The van der Waals surface area contributed by atoms with Crippen LogP contribution in [0, 0.1) is 0 Å². The molecule has 8 aromatic rings. The van der Waals surface area contributed by atoms with E-state index in [1.807, 2.05) is 24.3 Å². The first-order chi connectivity index (χ1) is 25.5. The van der Waals surface area contributed by atoms with Crippen molar-refractivity contribution in [2.75, 3.05) is 0 Å². The van der Waals surface area contributed by atoms with E-state index >= 15 is 0 Å². The van der Waals surface area contributed by atoms with E-state index in [4.69, 9.17) is 19.7 Å². The van der Waals surface area contributed by atoms with E-state index in [0.29, 0.717) is 17.5 Å². The van der Waals surface area contributed by atoms with E-state index in [9.17, 15) is 0 Å². The first-order valence-corrected chi connectivity index (χ1v) is 17.6. The molecule has 4 nitrogen and oxygen atoms in total. The maximum absolute atomic E-state index is 6.53. The van der Waals surface area contributed by atoms with Gasteiger partial charge in [-0.1, -0.05) is 140 Å². The lowest BCUT2D eigenvalue weighted by Gasteiger charge is -2.35. The smallest absolute Gasteiger partial charge is 0.164 e. The highest BCUT2D eigenvalue weighted by Crippen LogP contribution is 2.46. The molecular formula is C48H35N3O. The van der Waals surface area contributed by atoms with E-state index < -0.39 is 5.60 Å². The van der Waals surface area contributed by atoms with Crippen molar-refractivity contribution >= 4 is 0 Å². The van der Waals surface area contributed by atoms with Crippen molar-refractivity contribution in [3.8, 4) is 84.4 Å². The highest BCUT2D eigenvalue weighted by atomic mass is 16.5. The fourth-order valence-corrected chi connectivity index (χ4v) is 7.10. The zero-order valence-electron chi connectivity index (χ0n) is 29.0. The summed E-state index contributed by atoms with van der Waals surface area (Å²) in [6.07, 6.45) is 0. The van der Waals surface area contributed by atoms with Crippen LogP contribution in [-0.2, 0) is 5.60 Å². The van der Waals surface area contributed by atoms with E-state index in [-0.39, 0.29) is 0 Å². The molecule has 0 N–H and O–H groups in total. The van der Waals surface area contributed by atoms with Gasteiger partial charge in [0.1, 0.15) is 11.4 Å². The minimum Gasteiger partial charge on any atom is -0.482 e. The molecule has 248 valence electrons. The number of aromatic nitrogens is 3. The van der Waals surface area contributed by atoms with Gasteiger partial charge in [-0.25, -0.2) is 15.0 Å². The zero-order valence-corrected chi connectivity index (χ0v) is 29.0. The van der Waals surface area contributed by atoms with Gasteiger partial charge >= 0.3 is 0 Å². The molecule has 0 aliphatic carbocycles. The Kier molecular flexibility index (Phi) is 7.78. The van der Waals surface area contributed by atoms with Crippen LogP contribution in [0.3, 0.4) is 0 Å². The normalized spacial score (nSPS) is 12.7. The van der Waals surface area contributed by atoms with Crippen LogP contribution in [0.4, 0.5) is 0 Å². The highest BCUT2D eigenvalue weighted by molar-refractivity contribution is 5.83. The van der Waals surface area contributed by atoms with Crippen LogP contribution in [-0.4, -0.2) is 15.0 Å². The Morgan fingerprint density at radius 2 is 0.769 bits per heavy atom. The molecule has 2 heterocycles. The highest BCUT2D eigenvalue weighted by Gasteiger charge is 2.32. The summed E-state index contributed by atoms with van der Waals surface area (Å²) >= 11 is 0. The van der Waals surface area contributed by atoms with Crippen molar-refractivity contribution in [1.82, 2.24) is 15.0 Å². The summed E-state index contributed by atoms with van der Waals surface area (Å²) in [6.45, 7) is 4.23. The molecule has 4 heteroatoms. The third-order valence-corrected chi connectivity index (χ3v) is 9.76. The van der Waals surface area contributed by atoms with Crippen LogP contribution in [0.15, 0.2) is 176 Å². The summed E-state index contributed by atoms with van der Waals surface area (Å²) in [5, 5.41) is 0. The van der Waals surface area contributed by atoms with Gasteiger partial charge in [-0.05, 0) is 89.2 Å². The minimum absolute atomic E-state index is 0.440. The lowest BCUT2D eigenvalue weighted by Crippen LogP contribution is -2.29. The summed E-state index contributed by atoms with van der Waals surface area (Å²) in [4.78, 5) is 15.5. The average molecular weight is 670 g/mol. The first-order valence-electron chi connectivity index (χ1n) is 17.6. The van der Waals surface area contributed by atoms with Crippen LogP contribution in [0.1, 0.15) is 19.4 Å². The number of fused-ring (bicyclic) bond motifs is 3. The van der Waals surface area contributed by atoms with Crippen LogP contribution in [0.5, 0.6) is 5.75 Å². The minimum atomic E-state index is -0.440. The molecular weight excluding hydrogens is 635 g/mol. The Morgan fingerprint density at radius 1 is 0.346 bits per heavy atom. The van der Waals surface area contributed by atoms with Crippen molar-refractivity contribution in [3.63, 3.8) is 0 Å². The Hall–Kier alpha value is -6.65. The first kappa shape index (κ1) is 31.3. The van der Waals surface area contributed by atoms with Crippen LogP contribution < -0.4 is 4.74 Å². The van der Waals surface area contributed by atoms with Crippen LogP contribution >= 0.6 is 0 Å². The fourth-order valence-electron chi connectivity index (χ4n) is 7.10. The molecule has 0 atom stereocenters. The Labute approximate surface area is 304 Å². The monoisotopic (exact) mass is 669 g/mol. The standard InChI is InChI=1S/C48H35N3O/c1-48(2)43-21-13-12-20-41(43)42-31-37(26-27-44(42)52-48)46-49-45(36-24-22-35(23-25-36)32-14-6-3-7-15-32)50-47(51-46)40-29-38(33-16-8-4-9-17-33)28-39(30-40)34-18-10-5-11-19-34/h3-31H,1-2H3. The molecule has 1 aliphatic rings. The SMILES string of the molecule is CC1(C)Oc2ccc(-c3nc(-c4ccc(-c5ccccc5)cc4)nc(-c4cc(-c5ccccc5)cc(-c5ccccc5)c4)n3)cc2-c2ccccc21. The lowest BCUT2D eigenvalue weighted by molar-refractivity contribution is 0.106. The summed E-state index contributed by atoms with van der Waals surface area (Å²) in [7, 11) is 0. The van der Waals surface area contributed by atoms with Crippen molar-refractivity contribution in [3.05, 3.63) is 181 Å². The predicted molar refractivity (Wildman–Crippen MR) is 212 cm³/mol. The molecule has 0 saturated carbocycles. The Morgan fingerprint density at radius 3 is 1.37 bits per heavy atom. The summed E-state index contributed by atoms with van der Waals surface area (Å²) in [5.74, 6) is 2.67. The quantitative estimate of drug-likeness (QED) is 0.177. The van der Waals surface area contributed by atoms with Gasteiger partial charge < -0.3 is 4.74 Å². The Bertz CT molecular complexity index is 2490. The average Bonchev–Trinajstić information content (AvgIpc) is 3.21. The van der Waals surface area contributed by atoms with Gasteiger partial charge in [0.25, 0.3) is 0 Å². The molecule has 0 spiro atoms. The lowest BCUT2D eigenvalue weighted by atomic mass is 9.86. The molecule has 52 heavy (non-hydrogen) atoms. The van der Waals surface area contributed by atoms with Gasteiger partial charge in [-0.15, -0.1) is 0 Å². The van der Waals surface area contributed by atoms with Gasteiger partial charge in [-0.3, -0.25) is 0 Å². The van der Waals surface area contributed by atoms with E-state index in [1.165, 1.54) is 0 Å². The van der Waals surface area contributed by atoms with E-state index in [2.05, 4.69) is 166 Å². The second-order valence-corrected chi connectivity index (χ2v) is 13.6. The summed E-state index contributed by atoms with van der Waals surface area (Å²) < 4.78 is 6.53. The topological polar surface area (TPSA) is 47.9 Å². The largest absolute Gasteiger partial charge is 0.482 e. The number of hydrogen-bond acceptors (Lipinski definition) is 4. The molecule has 0 fully saturated rings. The third-order valence-electron chi connectivity index (χ3n) is 9.76. The molecule has 0 bridgehead atoms. The van der Waals surface area contributed by atoms with Crippen molar-refractivity contribution < 1.29 is 4.74 Å². The Balaban J connectivity index is 1.23. The predicted octanol–water partition coefficient (Wildman–Crippen LogP) is 12.2. The van der Waals surface area contributed by atoms with Gasteiger partial charge in [0.05, 0.1) is 0 Å². The molecule has 7 aromatic carbocycles. The van der Waals surface area contributed by atoms with Crippen molar-refractivity contribution in [1.29, 1.82) is 0 Å². The van der Waals surface area contributed by atoms with E-state index in [1.54, 1.807) is 0 Å². The fraction of sp³-hybridized carbons (Fsp3) is 0.0625. The number of benzene rings is 7. The maximum Gasteiger partial charge on any atom is 0.164 e. The number of nitrogens with zero attached hydrogens (tertiary/aromatic N) is 3. The molecule has 0 radical (unpaired) electrons. The van der Waals surface area contributed by atoms with Gasteiger partial charge in [0.15, 0.2) is 17.5 Å². The van der Waals surface area contributed by atoms with E-state index in [0.717, 1.165) is 72.5 Å². The van der Waals surface area contributed by atoms with Crippen molar-refractivity contribution in [2.45, 2.75) is 19.4 Å². The van der Waals surface area contributed by atoms with Crippen molar-refractivity contribution in [2.24, 2.45) is 0 Å². The number of ether oxygens (including phenoxy) is 1. The van der Waals surface area contributed by atoms with Crippen LogP contribution in [0.2, 0.25) is 0 Å². The zero-order chi connectivity index (χ0) is 35.1. The second kappa shape index (κ2) is 12.9. The number of rotatable bonds is 6. The summed E-state index contributed by atoms with van der Waals surface area (Å²) in [6, 6.07) is 61.1. The molecule has 0 amide bonds. The van der Waals surface area contributed by atoms with Crippen LogP contribution in [0.25, 0.3) is 78.7 Å². The van der Waals surface area contributed by atoms with Gasteiger partial charge in [0.2, 0.25) is 0 Å². The second-order valence-electron chi connectivity index (χ2n) is 13.6. The molecule has 9 rings (SSSR count). The third kappa shape index (κ3) is 5.95. The maximum atomic E-state index is 6.53. The van der Waals surface area contributed by atoms with Gasteiger partial charge in [-0.2, -0.15) is 0 Å². The molecule has 1 aliphatic heterocycles. The molecule has 1 aromatic heterocycles. The summed E-state index contributed by atoms with van der Waals surface area (Å²) in [5.41, 5.74) is 12.4. The number of hydrogen-bond donors (Lipinski definition) is 0. The molecule has 0 saturated heterocycles. The van der Waals surface area contributed by atoms with Gasteiger partial charge in [0, 0.05) is 27.8 Å².